The maximum Gasteiger partial charge on any atom is 0.00704 e. The molecule has 1 unspecified atom stereocenters. The van der Waals surface area contributed by atoms with Gasteiger partial charge >= 0.3 is 0 Å². The van der Waals surface area contributed by atoms with Crippen LogP contribution in [0.25, 0.3) is 0 Å². The second-order valence-electron chi connectivity index (χ2n) is 2.12. The molecular formula is C8H16N. The van der Waals surface area contributed by atoms with Gasteiger partial charge in [0.15, 0.2) is 0 Å². The first-order valence-corrected chi connectivity index (χ1v) is 3.48. The van der Waals surface area contributed by atoms with Gasteiger partial charge in [-0.05, 0) is 26.3 Å². The molecule has 0 saturated carbocycles. The maximum atomic E-state index is 3.91. The molecule has 0 aliphatic rings. The molecule has 0 rings (SSSR count). The van der Waals surface area contributed by atoms with Crippen molar-refractivity contribution >= 4 is 0 Å². The summed E-state index contributed by atoms with van der Waals surface area (Å²) in [5, 5.41) is 3.22. The van der Waals surface area contributed by atoms with Crippen LogP contribution in [0.2, 0.25) is 0 Å². The molecule has 0 heterocycles. The fourth-order valence-corrected chi connectivity index (χ4v) is 0.710. The van der Waals surface area contributed by atoms with Crippen LogP contribution < -0.4 is 5.32 Å². The summed E-state index contributed by atoms with van der Waals surface area (Å²) in [6.45, 7) is 10.6. The molecule has 0 spiro atoms. The summed E-state index contributed by atoms with van der Waals surface area (Å²) < 4.78 is 0. The Bertz CT molecular complexity index is 69.0. The predicted octanol–water partition coefficient (Wildman–Crippen LogP) is 1.76. The molecule has 1 radical (unpaired) electrons. The number of hydrogen-bond acceptors (Lipinski definition) is 1. The monoisotopic (exact) mass is 126 g/mol. The van der Waals surface area contributed by atoms with Crippen LogP contribution in [0.4, 0.5) is 0 Å². The molecule has 1 atom stereocenters. The highest BCUT2D eigenvalue weighted by molar-refractivity contribution is 4.74. The van der Waals surface area contributed by atoms with Gasteiger partial charge in [-0.15, -0.1) is 6.58 Å². The van der Waals surface area contributed by atoms with Crippen LogP contribution in [0.15, 0.2) is 12.7 Å². The van der Waals surface area contributed by atoms with Crippen LogP contribution in [-0.2, 0) is 0 Å². The third-order valence-corrected chi connectivity index (χ3v) is 1.21. The van der Waals surface area contributed by atoms with Gasteiger partial charge in [-0.3, -0.25) is 0 Å². The van der Waals surface area contributed by atoms with Gasteiger partial charge in [-0.1, -0.05) is 13.0 Å². The van der Waals surface area contributed by atoms with Gasteiger partial charge in [-0.25, -0.2) is 0 Å². The Morgan fingerprint density at radius 3 is 2.78 bits per heavy atom. The van der Waals surface area contributed by atoms with Crippen molar-refractivity contribution in [3.05, 3.63) is 19.6 Å². The zero-order valence-corrected chi connectivity index (χ0v) is 6.19. The minimum atomic E-state index is 0.396. The van der Waals surface area contributed by atoms with Crippen molar-refractivity contribution in [1.82, 2.24) is 5.32 Å². The van der Waals surface area contributed by atoms with Crippen LogP contribution in [0.1, 0.15) is 19.8 Å². The molecule has 0 saturated heterocycles. The van der Waals surface area contributed by atoms with Gasteiger partial charge in [0.1, 0.15) is 0 Å². The summed E-state index contributed by atoms with van der Waals surface area (Å²) in [5.41, 5.74) is 0. The number of rotatable bonds is 5. The van der Waals surface area contributed by atoms with E-state index >= 15 is 0 Å². The highest BCUT2D eigenvalue weighted by Gasteiger charge is 1.94. The van der Waals surface area contributed by atoms with E-state index in [2.05, 4.69) is 25.7 Å². The van der Waals surface area contributed by atoms with E-state index in [0.29, 0.717) is 6.04 Å². The lowest BCUT2D eigenvalue weighted by Crippen LogP contribution is -2.25. The summed E-state index contributed by atoms with van der Waals surface area (Å²) in [5.74, 6) is 0. The molecule has 1 heteroatoms. The predicted molar refractivity (Wildman–Crippen MR) is 42.3 cm³/mol. The first kappa shape index (κ1) is 8.70. The average molecular weight is 126 g/mol. The van der Waals surface area contributed by atoms with Crippen molar-refractivity contribution in [2.24, 2.45) is 0 Å². The quantitative estimate of drug-likeness (QED) is 0.553. The lowest BCUT2D eigenvalue weighted by Gasteiger charge is -2.08. The normalized spacial score (nSPS) is 13.1. The Hall–Kier alpha value is -0.300. The van der Waals surface area contributed by atoms with E-state index in [0.717, 1.165) is 19.4 Å². The number of nitrogens with one attached hydrogen (secondary N) is 1. The van der Waals surface area contributed by atoms with Crippen molar-refractivity contribution in [2.45, 2.75) is 25.8 Å². The zero-order valence-electron chi connectivity index (χ0n) is 6.19. The SMILES string of the molecule is [CH2]C(CCC=C)NCC. The molecule has 0 aromatic rings. The molecule has 0 aliphatic carbocycles. The fraction of sp³-hybridized carbons (Fsp3) is 0.625. The zero-order chi connectivity index (χ0) is 7.11. The highest BCUT2D eigenvalue weighted by atomic mass is 14.9. The Labute approximate surface area is 58.2 Å². The van der Waals surface area contributed by atoms with E-state index < -0.39 is 0 Å². The van der Waals surface area contributed by atoms with Crippen molar-refractivity contribution in [2.75, 3.05) is 6.54 Å². The standard InChI is InChI=1S/C8H16N/c1-4-6-7-8(3)9-5-2/h4,8-9H,1,3,5-7H2,2H3. The van der Waals surface area contributed by atoms with E-state index in [-0.39, 0.29) is 0 Å². The Kier molecular flexibility index (Phi) is 5.64. The average Bonchev–Trinajstić information content (AvgIpc) is 1.85. The van der Waals surface area contributed by atoms with E-state index in [4.69, 9.17) is 0 Å². The van der Waals surface area contributed by atoms with Crippen LogP contribution >= 0.6 is 0 Å². The fourth-order valence-electron chi connectivity index (χ4n) is 0.710. The van der Waals surface area contributed by atoms with Gasteiger partial charge in [0.25, 0.3) is 0 Å². The van der Waals surface area contributed by atoms with E-state index in [1.165, 1.54) is 0 Å². The first-order valence-electron chi connectivity index (χ1n) is 3.48. The summed E-state index contributed by atoms with van der Waals surface area (Å²) >= 11 is 0. The van der Waals surface area contributed by atoms with Crippen LogP contribution in [0.3, 0.4) is 0 Å². The Morgan fingerprint density at radius 2 is 2.33 bits per heavy atom. The first-order chi connectivity index (χ1) is 4.31. The van der Waals surface area contributed by atoms with Crippen molar-refractivity contribution < 1.29 is 0 Å². The topological polar surface area (TPSA) is 12.0 Å². The van der Waals surface area contributed by atoms with Crippen molar-refractivity contribution in [1.29, 1.82) is 0 Å². The summed E-state index contributed by atoms with van der Waals surface area (Å²) in [6, 6.07) is 0.396. The van der Waals surface area contributed by atoms with Crippen LogP contribution in [-0.4, -0.2) is 12.6 Å². The molecule has 0 aromatic heterocycles. The molecule has 0 aromatic carbocycles. The van der Waals surface area contributed by atoms with E-state index in [1.807, 2.05) is 6.08 Å². The molecular weight excluding hydrogens is 110 g/mol. The second kappa shape index (κ2) is 5.83. The Morgan fingerprint density at radius 1 is 1.67 bits per heavy atom. The lowest BCUT2D eigenvalue weighted by atomic mass is 10.2. The summed E-state index contributed by atoms with van der Waals surface area (Å²) in [7, 11) is 0. The van der Waals surface area contributed by atoms with E-state index in [9.17, 15) is 0 Å². The third kappa shape index (κ3) is 5.57. The van der Waals surface area contributed by atoms with Gasteiger partial charge in [-0.2, -0.15) is 0 Å². The smallest absolute Gasteiger partial charge is 0.00704 e. The molecule has 0 fully saturated rings. The van der Waals surface area contributed by atoms with E-state index in [1.54, 1.807) is 0 Å². The minimum Gasteiger partial charge on any atom is -0.314 e. The molecule has 0 bridgehead atoms. The molecule has 0 amide bonds. The van der Waals surface area contributed by atoms with Crippen LogP contribution in [0.5, 0.6) is 0 Å². The number of allylic oxidation sites excluding steroid dienone is 1. The van der Waals surface area contributed by atoms with Crippen molar-refractivity contribution in [3.63, 3.8) is 0 Å². The minimum absolute atomic E-state index is 0.396. The van der Waals surface area contributed by atoms with Crippen LogP contribution in [0, 0.1) is 6.92 Å². The summed E-state index contributed by atoms with van der Waals surface area (Å²) in [6.07, 6.45) is 4.08. The van der Waals surface area contributed by atoms with Gasteiger partial charge in [0.05, 0.1) is 0 Å². The third-order valence-electron chi connectivity index (χ3n) is 1.21. The molecule has 53 valence electrons. The maximum absolute atomic E-state index is 3.91. The molecule has 0 aliphatic heterocycles. The van der Waals surface area contributed by atoms with Gasteiger partial charge in [0, 0.05) is 6.04 Å². The second-order valence-corrected chi connectivity index (χ2v) is 2.12. The lowest BCUT2D eigenvalue weighted by molar-refractivity contribution is 0.576. The molecule has 9 heavy (non-hydrogen) atoms. The molecule has 1 nitrogen and oxygen atoms in total. The van der Waals surface area contributed by atoms with Gasteiger partial charge in [0.2, 0.25) is 0 Å². The van der Waals surface area contributed by atoms with Gasteiger partial charge < -0.3 is 5.32 Å². The van der Waals surface area contributed by atoms with Crippen molar-refractivity contribution in [3.8, 4) is 0 Å². The number of hydrogen-bond donors (Lipinski definition) is 1. The Balaban J connectivity index is 3.04. The highest BCUT2D eigenvalue weighted by Crippen LogP contribution is 1.94. The largest absolute Gasteiger partial charge is 0.314 e. The summed E-state index contributed by atoms with van der Waals surface area (Å²) in [4.78, 5) is 0. The molecule has 1 N–H and O–H groups in total.